The molecule has 0 aliphatic carbocycles. The SMILES string of the molecule is CC(=O)N1c2ccccc2C(c2ccc(Cl)cc2)(c2ccc(Cl)cc2)c2ccccc21. The minimum Gasteiger partial charge on any atom is -0.281 e. The van der Waals surface area contributed by atoms with Crippen molar-refractivity contribution in [3.63, 3.8) is 0 Å². The van der Waals surface area contributed by atoms with E-state index in [1.54, 1.807) is 11.8 Å². The molecule has 1 heterocycles. The van der Waals surface area contributed by atoms with Crippen LogP contribution in [0, 0.1) is 0 Å². The van der Waals surface area contributed by atoms with Gasteiger partial charge >= 0.3 is 0 Å². The van der Waals surface area contributed by atoms with Crippen molar-refractivity contribution in [1.82, 2.24) is 0 Å². The van der Waals surface area contributed by atoms with Crippen molar-refractivity contribution < 1.29 is 4.79 Å². The molecule has 0 N–H and O–H groups in total. The Morgan fingerprint density at radius 1 is 0.645 bits per heavy atom. The molecule has 0 spiro atoms. The van der Waals surface area contributed by atoms with Crippen molar-refractivity contribution >= 4 is 40.5 Å². The number of nitrogens with zero attached hydrogens (tertiary/aromatic N) is 1. The molecule has 4 aromatic carbocycles. The van der Waals surface area contributed by atoms with Crippen LogP contribution < -0.4 is 4.90 Å². The van der Waals surface area contributed by atoms with Crippen molar-refractivity contribution in [2.45, 2.75) is 12.3 Å². The van der Waals surface area contributed by atoms with Crippen LogP contribution in [0.4, 0.5) is 11.4 Å². The van der Waals surface area contributed by atoms with Crippen LogP contribution in [-0.2, 0) is 10.2 Å². The maximum absolute atomic E-state index is 12.8. The summed E-state index contributed by atoms with van der Waals surface area (Å²) in [6, 6.07) is 32.1. The van der Waals surface area contributed by atoms with Gasteiger partial charge in [-0.2, -0.15) is 0 Å². The fraction of sp³-hybridized carbons (Fsp3) is 0.0741. The monoisotopic (exact) mass is 443 g/mol. The van der Waals surface area contributed by atoms with Gasteiger partial charge in [0, 0.05) is 17.0 Å². The van der Waals surface area contributed by atoms with Crippen LogP contribution in [0.3, 0.4) is 0 Å². The van der Waals surface area contributed by atoms with Gasteiger partial charge in [0.2, 0.25) is 5.91 Å². The first-order valence-electron chi connectivity index (χ1n) is 10.1. The van der Waals surface area contributed by atoms with Gasteiger partial charge in [0.1, 0.15) is 0 Å². The number of rotatable bonds is 2. The van der Waals surface area contributed by atoms with Crippen molar-refractivity contribution in [3.8, 4) is 0 Å². The van der Waals surface area contributed by atoms with Gasteiger partial charge < -0.3 is 0 Å². The number of carbonyl (C=O) groups excluding carboxylic acids is 1. The topological polar surface area (TPSA) is 20.3 Å². The van der Waals surface area contributed by atoms with E-state index in [1.807, 2.05) is 60.7 Å². The van der Waals surface area contributed by atoms with E-state index < -0.39 is 5.41 Å². The number of anilines is 2. The van der Waals surface area contributed by atoms with Crippen LogP contribution in [-0.4, -0.2) is 5.91 Å². The summed E-state index contributed by atoms with van der Waals surface area (Å²) in [5, 5.41) is 1.36. The first-order chi connectivity index (χ1) is 15.0. The molecule has 0 saturated heterocycles. The predicted octanol–water partition coefficient (Wildman–Crippen LogP) is 7.37. The van der Waals surface area contributed by atoms with Crippen LogP contribution in [0.1, 0.15) is 29.2 Å². The first-order valence-corrected chi connectivity index (χ1v) is 10.8. The van der Waals surface area contributed by atoms with Gasteiger partial charge in [0.05, 0.1) is 16.8 Å². The van der Waals surface area contributed by atoms with Crippen LogP contribution >= 0.6 is 23.2 Å². The summed E-state index contributed by atoms with van der Waals surface area (Å²) >= 11 is 12.5. The molecule has 152 valence electrons. The summed E-state index contributed by atoms with van der Waals surface area (Å²) in [6.07, 6.45) is 0. The highest BCUT2D eigenvalue weighted by Gasteiger charge is 2.46. The zero-order chi connectivity index (χ0) is 21.6. The third-order valence-corrected chi connectivity index (χ3v) is 6.47. The van der Waals surface area contributed by atoms with E-state index in [9.17, 15) is 4.79 Å². The van der Waals surface area contributed by atoms with E-state index in [0.29, 0.717) is 10.0 Å². The van der Waals surface area contributed by atoms with Gasteiger partial charge in [-0.3, -0.25) is 9.69 Å². The molecule has 5 rings (SSSR count). The number of benzene rings is 4. The lowest BCUT2D eigenvalue weighted by Crippen LogP contribution is -2.40. The molecule has 1 aliphatic rings. The Morgan fingerprint density at radius 3 is 1.42 bits per heavy atom. The Morgan fingerprint density at radius 2 is 1.03 bits per heavy atom. The zero-order valence-corrected chi connectivity index (χ0v) is 18.4. The highest BCUT2D eigenvalue weighted by molar-refractivity contribution is 6.30. The second-order valence-electron chi connectivity index (χ2n) is 7.65. The summed E-state index contributed by atoms with van der Waals surface area (Å²) in [7, 11) is 0. The third kappa shape index (κ3) is 2.98. The second kappa shape index (κ2) is 7.56. The van der Waals surface area contributed by atoms with E-state index in [0.717, 1.165) is 33.6 Å². The predicted molar refractivity (Wildman–Crippen MR) is 128 cm³/mol. The van der Waals surface area contributed by atoms with Crippen LogP contribution in [0.2, 0.25) is 10.0 Å². The molecular weight excluding hydrogens is 425 g/mol. The van der Waals surface area contributed by atoms with Gasteiger partial charge in [0.15, 0.2) is 0 Å². The number of para-hydroxylation sites is 2. The van der Waals surface area contributed by atoms with E-state index in [4.69, 9.17) is 23.2 Å². The van der Waals surface area contributed by atoms with Crippen LogP contribution in [0.5, 0.6) is 0 Å². The second-order valence-corrected chi connectivity index (χ2v) is 8.53. The maximum Gasteiger partial charge on any atom is 0.228 e. The number of amides is 1. The fourth-order valence-electron chi connectivity index (χ4n) is 4.77. The lowest BCUT2D eigenvalue weighted by atomic mass is 9.62. The summed E-state index contributed by atoms with van der Waals surface area (Å²) in [4.78, 5) is 14.6. The van der Waals surface area contributed by atoms with Crippen molar-refractivity contribution in [2.24, 2.45) is 0 Å². The molecule has 0 fully saturated rings. The summed E-state index contributed by atoms with van der Waals surface area (Å²) in [5.41, 5.74) is 5.33. The molecule has 0 bridgehead atoms. The zero-order valence-electron chi connectivity index (χ0n) is 16.8. The average Bonchev–Trinajstić information content (AvgIpc) is 2.78. The Labute approximate surface area is 191 Å². The third-order valence-electron chi connectivity index (χ3n) is 5.97. The minimum absolute atomic E-state index is 0.0271. The molecule has 0 radical (unpaired) electrons. The Kier molecular flexibility index (Phi) is 4.85. The summed E-state index contributed by atoms with van der Waals surface area (Å²) in [5.74, 6) is -0.0271. The summed E-state index contributed by atoms with van der Waals surface area (Å²) in [6.45, 7) is 1.60. The fourth-order valence-corrected chi connectivity index (χ4v) is 5.03. The number of fused-ring (bicyclic) bond motifs is 2. The van der Waals surface area contributed by atoms with E-state index in [1.165, 1.54) is 0 Å². The molecule has 4 aromatic rings. The van der Waals surface area contributed by atoms with Crippen LogP contribution in [0.25, 0.3) is 0 Å². The normalized spacial score (nSPS) is 14.0. The molecule has 1 amide bonds. The number of hydrogen-bond acceptors (Lipinski definition) is 1. The lowest BCUT2D eigenvalue weighted by Gasteiger charge is -2.45. The summed E-state index contributed by atoms with van der Waals surface area (Å²) < 4.78 is 0. The molecule has 0 saturated carbocycles. The van der Waals surface area contributed by atoms with Gasteiger partial charge in [-0.1, -0.05) is 83.9 Å². The van der Waals surface area contributed by atoms with Gasteiger partial charge in [0.25, 0.3) is 0 Å². The minimum atomic E-state index is -0.631. The van der Waals surface area contributed by atoms with Crippen LogP contribution in [0.15, 0.2) is 97.1 Å². The highest BCUT2D eigenvalue weighted by atomic mass is 35.5. The largest absolute Gasteiger partial charge is 0.281 e. The average molecular weight is 444 g/mol. The van der Waals surface area contributed by atoms with Crippen molar-refractivity contribution in [1.29, 1.82) is 0 Å². The first kappa shape index (κ1) is 19.9. The quantitative estimate of drug-likeness (QED) is 0.316. The van der Waals surface area contributed by atoms with E-state index in [-0.39, 0.29) is 5.91 Å². The Balaban J connectivity index is 1.97. The Hall–Kier alpha value is -3.07. The molecule has 1 aliphatic heterocycles. The number of carbonyl (C=O) groups is 1. The molecule has 0 aromatic heterocycles. The van der Waals surface area contributed by atoms with Crippen molar-refractivity contribution in [3.05, 3.63) is 129 Å². The van der Waals surface area contributed by atoms with Crippen molar-refractivity contribution in [2.75, 3.05) is 4.90 Å². The molecule has 0 atom stereocenters. The van der Waals surface area contributed by atoms with Gasteiger partial charge in [-0.15, -0.1) is 0 Å². The lowest BCUT2D eigenvalue weighted by molar-refractivity contribution is -0.115. The number of hydrogen-bond donors (Lipinski definition) is 0. The molecular formula is C27H19Cl2NO. The standard InChI is InChI=1S/C27H19Cl2NO/c1-18(31)30-25-8-4-2-6-23(25)27(19-10-14-21(28)15-11-19,20-12-16-22(29)17-13-20)24-7-3-5-9-26(24)30/h2-17H,1H3. The van der Waals surface area contributed by atoms with Gasteiger partial charge in [-0.05, 0) is 58.7 Å². The smallest absolute Gasteiger partial charge is 0.228 e. The molecule has 0 unspecified atom stereocenters. The van der Waals surface area contributed by atoms with Gasteiger partial charge in [-0.25, -0.2) is 0 Å². The molecule has 31 heavy (non-hydrogen) atoms. The molecule has 2 nitrogen and oxygen atoms in total. The molecule has 4 heteroatoms. The maximum atomic E-state index is 12.8. The Bertz CT molecular complexity index is 1180. The van der Waals surface area contributed by atoms with E-state index >= 15 is 0 Å². The number of halogens is 2. The van der Waals surface area contributed by atoms with E-state index in [2.05, 4.69) is 36.4 Å². The highest BCUT2D eigenvalue weighted by Crippen LogP contribution is 2.55.